The van der Waals surface area contributed by atoms with Crippen LogP contribution < -0.4 is 0 Å². The van der Waals surface area contributed by atoms with Gasteiger partial charge in [-0.1, -0.05) is 41.6 Å². The number of nitrogens with zero attached hydrogens (tertiary/aromatic N) is 7. The predicted molar refractivity (Wildman–Crippen MR) is 117 cm³/mol. The maximum atomic E-state index is 12.9. The highest BCUT2D eigenvalue weighted by Crippen LogP contribution is 2.22. The van der Waals surface area contributed by atoms with E-state index in [9.17, 15) is 9.59 Å². The number of aliphatic carboxylic acids is 1. The monoisotopic (exact) mass is 443 g/mol. The van der Waals surface area contributed by atoms with Gasteiger partial charge >= 0.3 is 5.97 Å². The minimum atomic E-state index is -0.893. The minimum Gasteiger partial charge on any atom is -0.481 e. The topological polar surface area (TPSA) is 119 Å². The van der Waals surface area contributed by atoms with Crippen LogP contribution in [0.2, 0.25) is 0 Å². The van der Waals surface area contributed by atoms with Gasteiger partial charge < -0.3 is 10.0 Å². The van der Waals surface area contributed by atoms with Crippen LogP contribution in [0, 0.1) is 0 Å². The lowest BCUT2D eigenvalue weighted by Gasteiger charge is -2.26. The van der Waals surface area contributed by atoms with Gasteiger partial charge in [-0.05, 0) is 23.3 Å². The zero-order valence-electron chi connectivity index (χ0n) is 17.7. The molecule has 166 valence electrons. The van der Waals surface area contributed by atoms with E-state index in [0.717, 1.165) is 17.0 Å². The molecule has 0 saturated heterocycles. The molecule has 1 aliphatic rings. The highest BCUT2D eigenvalue weighted by atomic mass is 16.4. The molecular weight excluding hydrogens is 422 g/mol. The normalized spacial score (nSPS) is 13.0. The molecule has 2 aromatic carbocycles. The Kier molecular flexibility index (Phi) is 5.39. The van der Waals surface area contributed by atoms with Gasteiger partial charge in [-0.2, -0.15) is 5.10 Å². The number of hydrogen-bond donors (Lipinski definition) is 1. The Labute approximate surface area is 189 Å². The molecule has 0 bridgehead atoms. The van der Waals surface area contributed by atoms with Crippen molar-refractivity contribution < 1.29 is 14.7 Å². The van der Waals surface area contributed by atoms with Crippen molar-refractivity contribution in [1.82, 2.24) is 34.7 Å². The van der Waals surface area contributed by atoms with Gasteiger partial charge in [0.05, 0.1) is 32.3 Å². The van der Waals surface area contributed by atoms with Crippen molar-refractivity contribution in [2.45, 2.75) is 26.1 Å². The summed E-state index contributed by atoms with van der Waals surface area (Å²) >= 11 is 0. The van der Waals surface area contributed by atoms with Crippen LogP contribution in [0.3, 0.4) is 0 Å². The Balaban J connectivity index is 1.27. The van der Waals surface area contributed by atoms with Crippen molar-refractivity contribution in [2.75, 3.05) is 6.54 Å². The maximum Gasteiger partial charge on any atom is 0.307 e. The Morgan fingerprint density at radius 2 is 1.85 bits per heavy atom. The van der Waals surface area contributed by atoms with Gasteiger partial charge in [-0.15, -0.1) is 5.10 Å². The number of carbonyl (C=O) groups is 2. The second-order valence-electron chi connectivity index (χ2n) is 7.85. The van der Waals surface area contributed by atoms with Crippen LogP contribution in [0.5, 0.6) is 0 Å². The number of benzene rings is 2. The Bertz CT molecular complexity index is 1310. The number of carbonyl (C=O) groups excluding carboxylic acids is 1. The van der Waals surface area contributed by atoms with Crippen molar-refractivity contribution in [2.24, 2.45) is 0 Å². The van der Waals surface area contributed by atoms with E-state index in [-0.39, 0.29) is 12.3 Å². The molecule has 1 N–H and O–H groups in total. The molecule has 0 unspecified atom stereocenters. The summed E-state index contributed by atoms with van der Waals surface area (Å²) in [7, 11) is 0. The lowest BCUT2D eigenvalue weighted by atomic mass is 10.0. The van der Waals surface area contributed by atoms with Gasteiger partial charge in [0.25, 0.3) is 5.91 Å². The fourth-order valence-corrected chi connectivity index (χ4v) is 3.94. The van der Waals surface area contributed by atoms with E-state index < -0.39 is 5.97 Å². The average Bonchev–Trinajstić information content (AvgIpc) is 3.48. The maximum absolute atomic E-state index is 12.9. The zero-order valence-corrected chi connectivity index (χ0v) is 17.7. The third-order valence-corrected chi connectivity index (χ3v) is 5.62. The summed E-state index contributed by atoms with van der Waals surface area (Å²) in [6.45, 7) is 2.17. The smallest absolute Gasteiger partial charge is 0.307 e. The van der Waals surface area contributed by atoms with Gasteiger partial charge in [0.1, 0.15) is 17.8 Å². The number of hydrogen-bond acceptors (Lipinski definition) is 6. The molecule has 10 nitrogen and oxygen atoms in total. The quantitative estimate of drug-likeness (QED) is 0.483. The summed E-state index contributed by atoms with van der Waals surface area (Å²) in [5, 5.41) is 21.7. The third-order valence-electron chi connectivity index (χ3n) is 5.62. The first kappa shape index (κ1) is 20.6. The van der Waals surface area contributed by atoms with E-state index in [1.165, 1.54) is 6.33 Å². The molecule has 0 saturated carbocycles. The van der Waals surface area contributed by atoms with Crippen molar-refractivity contribution in [3.63, 3.8) is 0 Å². The van der Waals surface area contributed by atoms with E-state index in [2.05, 4.69) is 20.4 Å². The molecule has 0 atom stereocenters. The molecule has 0 spiro atoms. The van der Waals surface area contributed by atoms with E-state index >= 15 is 0 Å². The molecule has 3 heterocycles. The highest BCUT2D eigenvalue weighted by molar-refractivity contribution is 5.94. The first-order chi connectivity index (χ1) is 16.1. The van der Waals surface area contributed by atoms with E-state index in [1.807, 2.05) is 47.1 Å². The van der Waals surface area contributed by atoms with Crippen molar-refractivity contribution in [3.8, 4) is 11.3 Å². The molecule has 2 aromatic heterocycles. The Hall–Kier alpha value is -4.34. The fraction of sp³-hybridized carbons (Fsp3) is 0.217. The van der Waals surface area contributed by atoms with Crippen LogP contribution in [-0.2, 0) is 30.8 Å². The number of carboxylic acid groups (broad SMARTS) is 1. The van der Waals surface area contributed by atoms with Crippen LogP contribution >= 0.6 is 0 Å². The number of aromatic nitrogens is 6. The van der Waals surface area contributed by atoms with Crippen molar-refractivity contribution >= 4 is 11.9 Å². The summed E-state index contributed by atoms with van der Waals surface area (Å²) < 4.78 is 3.51. The van der Waals surface area contributed by atoms with Crippen molar-refractivity contribution in [1.29, 1.82) is 0 Å². The third kappa shape index (κ3) is 4.36. The van der Waals surface area contributed by atoms with E-state index in [4.69, 9.17) is 5.11 Å². The van der Waals surface area contributed by atoms with Gasteiger partial charge in [0.2, 0.25) is 0 Å². The van der Waals surface area contributed by atoms with Gasteiger partial charge in [0, 0.05) is 17.7 Å². The zero-order chi connectivity index (χ0) is 22.8. The van der Waals surface area contributed by atoms with Crippen molar-refractivity contribution in [3.05, 3.63) is 83.6 Å². The summed E-state index contributed by atoms with van der Waals surface area (Å²) in [5.74, 6) is -0.136. The first-order valence-electron chi connectivity index (χ1n) is 10.5. The second kappa shape index (κ2) is 8.65. The van der Waals surface area contributed by atoms with Crippen LogP contribution in [0.1, 0.15) is 27.3 Å². The van der Waals surface area contributed by atoms with E-state index in [0.29, 0.717) is 43.0 Å². The standard InChI is InChI=1S/C23H21N7O3/c31-22(32)11-18-3-1-2-4-19(18)20-13-29(27-26-20)12-16-5-7-17(8-6-16)23(33)28-9-10-30-21(14-28)24-15-25-30/h1-8,13,15H,9-12,14H2,(H,31,32). The Morgan fingerprint density at radius 1 is 1.03 bits per heavy atom. The largest absolute Gasteiger partial charge is 0.481 e. The molecule has 1 aliphatic heterocycles. The van der Waals surface area contributed by atoms with Gasteiger partial charge in [-0.25, -0.2) is 14.3 Å². The molecule has 0 radical (unpaired) electrons. The predicted octanol–water partition coefficient (Wildman–Crippen LogP) is 1.87. The molecule has 0 fully saturated rings. The van der Waals surface area contributed by atoms with Crippen LogP contribution in [-0.4, -0.2) is 58.2 Å². The average molecular weight is 443 g/mol. The van der Waals surface area contributed by atoms with Crippen LogP contribution in [0.25, 0.3) is 11.3 Å². The molecule has 0 aliphatic carbocycles. The summed E-state index contributed by atoms with van der Waals surface area (Å²) in [6.07, 6.45) is 3.23. The molecule has 5 rings (SSSR count). The lowest BCUT2D eigenvalue weighted by molar-refractivity contribution is -0.136. The molecule has 33 heavy (non-hydrogen) atoms. The number of amides is 1. The SMILES string of the molecule is O=C(O)Cc1ccccc1-c1cn(Cc2ccc(C(=O)N3CCn4ncnc4C3)cc2)nn1. The summed E-state index contributed by atoms with van der Waals surface area (Å²) in [4.78, 5) is 30.0. The first-order valence-corrected chi connectivity index (χ1v) is 10.5. The van der Waals surface area contributed by atoms with Crippen LogP contribution in [0.15, 0.2) is 61.1 Å². The molecule has 1 amide bonds. The second-order valence-corrected chi connectivity index (χ2v) is 7.85. The highest BCUT2D eigenvalue weighted by Gasteiger charge is 2.23. The number of fused-ring (bicyclic) bond motifs is 1. The number of carboxylic acids is 1. The summed E-state index contributed by atoms with van der Waals surface area (Å²) in [6, 6.07) is 14.7. The van der Waals surface area contributed by atoms with Crippen LogP contribution in [0.4, 0.5) is 0 Å². The van der Waals surface area contributed by atoms with E-state index in [1.54, 1.807) is 21.8 Å². The number of rotatable bonds is 6. The lowest BCUT2D eigenvalue weighted by Crippen LogP contribution is -2.38. The minimum absolute atomic E-state index is 0.0334. The molecular formula is C23H21N7O3. The van der Waals surface area contributed by atoms with Gasteiger partial charge in [0.15, 0.2) is 0 Å². The molecule has 4 aromatic rings. The molecule has 10 heteroatoms. The van der Waals surface area contributed by atoms with Gasteiger partial charge in [-0.3, -0.25) is 9.59 Å². The summed E-state index contributed by atoms with van der Waals surface area (Å²) in [5.41, 5.74) is 3.66. The fourth-order valence-electron chi connectivity index (χ4n) is 3.94. The Morgan fingerprint density at radius 3 is 2.67 bits per heavy atom.